The summed E-state index contributed by atoms with van der Waals surface area (Å²) in [4.78, 5) is 14.3. The maximum Gasteiger partial charge on any atom is 0.264 e. The molecule has 0 saturated carbocycles. The largest absolute Gasteiger partial charge is 0.351 e. The molecule has 1 N–H and O–H groups in total. The number of nitrogens with one attached hydrogen (secondary N) is 1. The third-order valence-electron chi connectivity index (χ3n) is 3.88. The van der Waals surface area contributed by atoms with Gasteiger partial charge in [-0.15, -0.1) is 0 Å². The molecule has 9 heteroatoms. The van der Waals surface area contributed by atoms with E-state index in [0.29, 0.717) is 23.8 Å². The second-order valence-electron chi connectivity index (χ2n) is 6.15. The molecule has 0 atom stereocenters. The summed E-state index contributed by atoms with van der Waals surface area (Å²) in [7, 11) is 1.47. The fourth-order valence-corrected chi connectivity index (χ4v) is 3.85. The van der Waals surface area contributed by atoms with Gasteiger partial charge >= 0.3 is 0 Å². The monoisotopic (exact) mass is 429 g/mol. The van der Waals surface area contributed by atoms with Gasteiger partial charge in [-0.2, -0.15) is 0 Å². The number of halogens is 2. The molecule has 0 unspecified atom stereocenters. The molecular formula is C18H21Cl2N3O3S. The molecule has 0 saturated heterocycles. The van der Waals surface area contributed by atoms with Crippen molar-refractivity contribution in [3.8, 4) is 0 Å². The van der Waals surface area contributed by atoms with Gasteiger partial charge in [0.1, 0.15) is 0 Å². The van der Waals surface area contributed by atoms with Gasteiger partial charge in [-0.05, 0) is 56.6 Å². The second kappa shape index (κ2) is 8.93. The Kier molecular flexibility index (Phi) is 7.11. The highest BCUT2D eigenvalue weighted by atomic mass is 35.5. The zero-order valence-electron chi connectivity index (χ0n) is 15.2. The number of carbonyl (C=O) groups is 1. The number of nitrogens with zero attached hydrogens (tertiary/aromatic N) is 2. The predicted octanol–water partition coefficient (Wildman–Crippen LogP) is 3.11. The summed E-state index contributed by atoms with van der Waals surface area (Å²) >= 11 is 12.0. The number of amides is 1. The lowest BCUT2D eigenvalue weighted by Gasteiger charge is -2.20. The summed E-state index contributed by atoms with van der Waals surface area (Å²) in [5, 5.41) is 3.39. The summed E-state index contributed by atoms with van der Waals surface area (Å²) < 4.78 is 26.6. The van der Waals surface area contributed by atoms with Crippen LogP contribution in [-0.4, -0.2) is 53.5 Å². The molecule has 0 aliphatic carbocycles. The van der Waals surface area contributed by atoms with Crippen molar-refractivity contribution >= 4 is 44.8 Å². The topological polar surface area (TPSA) is 69.7 Å². The Morgan fingerprint density at radius 1 is 1.04 bits per heavy atom. The van der Waals surface area contributed by atoms with E-state index in [0.717, 1.165) is 4.31 Å². The van der Waals surface area contributed by atoms with Crippen LogP contribution in [0.25, 0.3) is 0 Å². The Hall–Kier alpha value is -1.80. The number of hydrogen-bond acceptors (Lipinski definition) is 4. The summed E-state index contributed by atoms with van der Waals surface area (Å²) in [6.45, 7) is 1.18. The number of anilines is 1. The first-order chi connectivity index (χ1) is 12.6. The van der Waals surface area contributed by atoms with Crippen LogP contribution in [-0.2, 0) is 10.0 Å². The molecule has 146 valence electrons. The molecule has 27 heavy (non-hydrogen) atoms. The summed E-state index contributed by atoms with van der Waals surface area (Å²) in [6.07, 6.45) is 0. The molecule has 1 amide bonds. The van der Waals surface area contributed by atoms with Crippen LogP contribution in [0.4, 0.5) is 5.69 Å². The van der Waals surface area contributed by atoms with Crippen LogP contribution >= 0.6 is 23.2 Å². The van der Waals surface area contributed by atoms with Gasteiger partial charge in [-0.25, -0.2) is 8.42 Å². The minimum Gasteiger partial charge on any atom is -0.351 e. The molecule has 0 aromatic heterocycles. The van der Waals surface area contributed by atoms with Crippen molar-refractivity contribution in [3.63, 3.8) is 0 Å². The summed E-state index contributed by atoms with van der Waals surface area (Å²) in [5.41, 5.74) is 0.635. The molecule has 0 aliphatic heterocycles. The molecule has 6 nitrogen and oxygen atoms in total. The number of sulfonamides is 1. The zero-order chi connectivity index (χ0) is 20.2. The highest BCUT2D eigenvalue weighted by molar-refractivity contribution is 7.92. The van der Waals surface area contributed by atoms with E-state index in [1.54, 1.807) is 6.07 Å². The SMILES string of the molecule is CN(C)CCNC(=O)c1ccc(N(C)S(=O)(=O)c2ccc(Cl)cc2)cc1Cl. The van der Waals surface area contributed by atoms with Gasteiger partial charge in [0.2, 0.25) is 0 Å². The molecule has 0 aliphatic rings. The van der Waals surface area contributed by atoms with E-state index in [4.69, 9.17) is 23.2 Å². The van der Waals surface area contributed by atoms with E-state index >= 15 is 0 Å². The first-order valence-corrected chi connectivity index (χ1v) is 10.3. The molecule has 0 radical (unpaired) electrons. The minimum atomic E-state index is -3.77. The van der Waals surface area contributed by atoms with Gasteiger partial charge in [-0.1, -0.05) is 23.2 Å². The van der Waals surface area contributed by atoms with Crippen molar-refractivity contribution in [3.05, 3.63) is 58.1 Å². The van der Waals surface area contributed by atoms with Gasteiger partial charge in [-0.3, -0.25) is 9.10 Å². The first-order valence-electron chi connectivity index (χ1n) is 8.10. The average molecular weight is 430 g/mol. The van der Waals surface area contributed by atoms with Gasteiger partial charge < -0.3 is 10.2 Å². The molecule has 0 spiro atoms. The van der Waals surface area contributed by atoms with Crippen LogP contribution in [0, 0.1) is 0 Å². The van der Waals surface area contributed by atoms with Crippen molar-refractivity contribution in [1.82, 2.24) is 10.2 Å². The van der Waals surface area contributed by atoms with E-state index in [1.807, 2.05) is 19.0 Å². The summed E-state index contributed by atoms with van der Waals surface area (Å²) in [5.74, 6) is -0.309. The Morgan fingerprint density at radius 2 is 1.67 bits per heavy atom. The zero-order valence-corrected chi connectivity index (χ0v) is 17.6. The fourth-order valence-electron chi connectivity index (χ4n) is 2.28. The van der Waals surface area contributed by atoms with Gasteiger partial charge in [0.25, 0.3) is 15.9 Å². The van der Waals surface area contributed by atoms with Crippen molar-refractivity contribution in [2.45, 2.75) is 4.90 Å². The van der Waals surface area contributed by atoms with E-state index < -0.39 is 10.0 Å². The predicted molar refractivity (Wildman–Crippen MR) is 109 cm³/mol. The Balaban J connectivity index is 2.21. The maximum atomic E-state index is 12.7. The minimum absolute atomic E-state index is 0.107. The first kappa shape index (κ1) is 21.5. The number of likely N-dealkylation sites (N-methyl/N-ethyl adjacent to an activating group) is 1. The Bertz CT molecular complexity index is 916. The van der Waals surface area contributed by atoms with Gasteiger partial charge in [0.05, 0.1) is 21.2 Å². The number of benzene rings is 2. The van der Waals surface area contributed by atoms with E-state index in [1.165, 1.54) is 43.4 Å². The van der Waals surface area contributed by atoms with E-state index in [-0.39, 0.29) is 21.4 Å². The van der Waals surface area contributed by atoms with Crippen LogP contribution in [0.2, 0.25) is 10.0 Å². The van der Waals surface area contributed by atoms with Gasteiger partial charge in [0.15, 0.2) is 0 Å². The Labute approximate surface area is 169 Å². The highest BCUT2D eigenvalue weighted by Crippen LogP contribution is 2.27. The number of rotatable bonds is 7. The lowest BCUT2D eigenvalue weighted by Crippen LogP contribution is -2.31. The van der Waals surface area contributed by atoms with Crippen molar-refractivity contribution in [2.75, 3.05) is 38.5 Å². The third kappa shape index (κ3) is 5.35. The summed E-state index contributed by atoms with van der Waals surface area (Å²) in [6, 6.07) is 10.4. The Morgan fingerprint density at radius 3 is 2.22 bits per heavy atom. The highest BCUT2D eigenvalue weighted by Gasteiger charge is 2.22. The van der Waals surface area contributed by atoms with E-state index in [9.17, 15) is 13.2 Å². The smallest absolute Gasteiger partial charge is 0.264 e. The normalized spacial score (nSPS) is 11.5. The second-order valence-corrected chi connectivity index (χ2v) is 8.96. The average Bonchev–Trinajstić information content (AvgIpc) is 2.60. The fraction of sp³-hybridized carbons (Fsp3) is 0.278. The molecule has 2 aromatic carbocycles. The maximum absolute atomic E-state index is 12.7. The quantitative estimate of drug-likeness (QED) is 0.733. The third-order valence-corrected chi connectivity index (χ3v) is 6.24. The molecule has 0 heterocycles. The van der Waals surface area contributed by atoms with Crippen molar-refractivity contribution in [1.29, 1.82) is 0 Å². The molecule has 2 aromatic rings. The van der Waals surface area contributed by atoms with Crippen LogP contribution in [0.5, 0.6) is 0 Å². The van der Waals surface area contributed by atoms with Crippen molar-refractivity contribution in [2.24, 2.45) is 0 Å². The molecular weight excluding hydrogens is 409 g/mol. The van der Waals surface area contributed by atoms with Gasteiger partial charge in [0, 0.05) is 25.2 Å². The van der Waals surface area contributed by atoms with Crippen LogP contribution in [0.1, 0.15) is 10.4 Å². The molecule has 2 rings (SSSR count). The van der Waals surface area contributed by atoms with Crippen LogP contribution < -0.4 is 9.62 Å². The number of hydrogen-bond donors (Lipinski definition) is 1. The lowest BCUT2D eigenvalue weighted by atomic mass is 10.2. The van der Waals surface area contributed by atoms with E-state index in [2.05, 4.69) is 5.32 Å². The standard InChI is InChI=1S/C18H21Cl2N3O3S/c1-22(2)11-10-21-18(24)16-9-6-14(12-17(16)20)23(3)27(25,26)15-7-4-13(19)5-8-15/h4-9,12H,10-11H2,1-3H3,(H,21,24). The van der Waals surface area contributed by atoms with Crippen LogP contribution in [0.15, 0.2) is 47.4 Å². The molecule has 0 fully saturated rings. The number of carbonyl (C=O) groups excluding carboxylic acids is 1. The lowest BCUT2D eigenvalue weighted by molar-refractivity contribution is 0.0951. The van der Waals surface area contributed by atoms with Crippen LogP contribution in [0.3, 0.4) is 0 Å². The van der Waals surface area contributed by atoms with Crippen molar-refractivity contribution < 1.29 is 13.2 Å². The molecule has 0 bridgehead atoms.